The SMILES string of the molecule is CC1(C)SCCC1C1(C(=O)O)CC(=O)C1. The number of hydrogen-bond donors (Lipinski definition) is 1. The van der Waals surface area contributed by atoms with E-state index in [0.717, 1.165) is 12.2 Å². The molecule has 1 aliphatic heterocycles. The Kier molecular flexibility index (Phi) is 2.37. The van der Waals surface area contributed by atoms with Crippen LogP contribution in [-0.4, -0.2) is 27.4 Å². The van der Waals surface area contributed by atoms with E-state index in [4.69, 9.17) is 0 Å². The van der Waals surface area contributed by atoms with Gasteiger partial charge in [0.2, 0.25) is 0 Å². The minimum atomic E-state index is -0.775. The molecule has 1 saturated heterocycles. The molecule has 2 fully saturated rings. The number of thioether (sulfide) groups is 1. The predicted octanol–water partition coefficient (Wildman–Crippen LogP) is 1.95. The van der Waals surface area contributed by atoms with E-state index in [9.17, 15) is 14.7 Å². The van der Waals surface area contributed by atoms with Crippen molar-refractivity contribution in [3.63, 3.8) is 0 Å². The summed E-state index contributed by atoms with van der Waals surface area (Å²) < 4.78 is -0.000903. The van der Waals surface area contributed by atoms with Gasteiger partial charge in [-0.05, 0) is 18.1 Å². The lowest BCUT2D eigenvalue weighted by molar-refractivity contribution is -0.167. The molecule has 15 heavy (non-hydrogen) atoms. The van der Waals surface area contributed by atoms with E-state index in [2.05, 4.69) is 13.8 Å². The van der Waals surface area contributed by atoms with Gasteiger partial charge in [0.1, 0.15) is 5.78 Å². The lowest BCUT2D eigenvalue weighted by Crippen LogP contribution is -2.53. The molecule has 1 unspecified atom stereocenters. The Morgan fingerprint density at radius 1 is 1.47 bits per heavy atom. The third-order valence-corrected chi connectivity index (χ3v) is 5.31. The van der Waals surface area contributed by atoms with Crippen LogP contribution in [0.1, 0.15) is 33.1 Å². The fraction of sp³-hybridized carbons (Fsp3) is 0.818. The van der Waals surface area contributed by atoms with E-state index >= 15 is 0 Å². The third kappa shape index (κ3) is 1.50. The van der Waals surface area contributed by atoms with E-state index in [1.807, 2.05) is 11.8 Å². The minimum Gasteiger partial charge on any atom is -0.481 e. The van der Waals surface area contributed by atoms with Gasteiger partial charge in [-0.1, -0.05) is 13.8 Å². The number of carboxylic acids is 1. The van der Waals surface area contributed by atoms with Gasteiger partial charge in [-0.25, -0.2) is 0 Å². The molecule has 3 nitrogen and oxygen atoms in total. The smallest absolute Gasteiger partial charge is 0.310 e. The maximum absolute atomic E-state index is 11.4. The van der Waals surface area contributed by atoms with Gasteiger partial charge in [-0.15, -0.1) is 0 Å². The standard InChI is InChI=1S/C11H16O3S/c1-10(2)8(3-4-15-10)11(9(13)14)5-7(12)6-11/h8H,3-6H2,1-2H3,(H,13,14). The molecule has 2 aliphatic rings. The summed E-state index contributed by atoms with van der Waals surface area (Å²) in [6.45, 7) is 4.20. The summed E-state index contributed by atoms with van der Waals surface area (Å²) in [6.07, 6.45) is 1.42. The van der Waals surface area contributed by atoms with Gasteiger partial charge in [0.25, 0.3) is 0 Å². The Morgan fingerprint density at radius 2 is 2.07 bits per heavy atom. The summed E-state index contributed by atoms with van der Waals surface area (Å²) >= 11 is 1.83. The number of Topliss-reactive ketones (excluding diaryl/α,β-unsaturated/α-hetero) is 1. The van der Waals surface area contributed by atoms with Crippen molar-refractivity contribution in [2.75, 3.05) is 5.75 Å². The molecule has 0 amide bonds. The molecule has 0 bridgehead atoms. The van der Waals surface area contributed by atoms with Crippen molar-refractivity contribution < 1.29 is 14.7 Å². The Labute approximate surface area is 93.6 Å². The van der Waals surface area contributed by atoms with Crippen molar-refractivity contribution in [3.05, 3.63) is 0 Å². The van der Waals surface area contributed by atoms with Crippen molar-refractivity contribution in [2.24, 2.45) is 11.3 Å². The molecule has 4 heteroatoms. The van der Waals surface area contributed by atoms with Crippen molar-refractivity contribution in [1.82, 2.24) is 0 Å². The maximum atomic E-state index is 11.4. The first-order valence-corrected chi connectivity index (χ1v) is 6.26. The van der Waals surface area contributed by atoms with Crippen LogP contribution in [-0.2, 0) is 9.59 Å². The third-order valence-electron chi connectivity index (χ3n) is 3.84. The highest BCUT2D eigenvalue weighted by Gasteiger charge is 2.60. The van der Waals surface area contributed by atoms with Crippen molar-refractivity contribution in [3.8, 4) is 0 Å². The molecule has 0 radical (unpaired) electrons. The molecule has 1 heterocycles. The highest BCUT2D eigenvalue weighted by atomic mass is 32.2. The Bertz CT molecular complexity index is 314. The Balaban J connectivity index is 2.27. The molecular formula is C11H16O3S. The molecule has 1 saturated carbocycles. The lowest BCUT2D eigenvalue weighted by atomic mass is 9.57. The highest BCUT2D eigenvalue weighted by Crippen LogP contribution is 2.57. The van der Waals surface area contributed by atoms with Crippen LogP contribution in [0.3, 0.4) is 0 Å². The summed E-state index contributed by atoms with van der Waals surface area (Å²) in [5.41, 5.74) is -0.746. The topological polar surface area (TPSA) is 54.4 Å². The lowest BCUT2D eigenvalue weighted by Gasteiger charge is -2.46. The minimum absolute atomic E-state index is 0.000903. The fourth-order valence-electron chi connectivity index (χ4n) is 3.03. The van der Waals surface area contributed by atoms with Crippen LogP contribution in [0.25, 0.3) is 0 Å². The van der Waals surface area contributed by atoms with Crippen LogP contribution >= 0.6 is 11.8 Å². The van der Waals surface area contributed by atoms with Crippen LogP contribution < -0.4 is 0 Å². The average Bonchev–Trinajstić information content (AvgIpc) is 2.39. The monoisotopic (exact) mass is 228 g/mol. The first-order chi connectivity index (χ1) is 6.88. The summed E-state index contributed by atoms with van der Waals surface area (Å²) in [5, 5.41) is 9.33. The first kappa shape index (κ1) is 11.0. The second-order valence-corrected chi connectivity index (χ2v) is 6.90. The van der Waals surface area contributed by atoms with Gasteiger partial charge in [0.15, 0.2) is 0 Å². The van der Waals surface area contributed by atoms with Gasteiger partial charge in [0.05, 0.1) is 5.41 Å². The van der Waals surface area contributed by atoms with Crippen LogP contribution in [0, 0.1) is 11.3 Å². The maximum Gasteiger partial charge on any atom is 0.310 e. The number of rotatable bonds is 2. The Hall–Kier alpha value is -0.510. The van der Waals surface area contributed by atoms with Crippen LogP contribution in [0.2, 0.25) is 0 Å². The molecule has 1 atom stereocenters. The van der Waals surface area contributed by atoms with Gasteiger partial charge >= 0.3 is 5.97 Å². The summed E-state index contributed by atoms with van der Waals surface area (Å²) in [7, 11) is 0. The zero-order valence-corrected chi connectivity index (χ0v) is 9.89. The van der Waals surface area contributed by atoms with Crippen LogP contribution in [0.5, 0.6) is 0 Å². The number of carboxylic acid groups (broad SMARTS) is 1. The zero-order valence-electron chi connectivity index (χ0n) is 9.08. The predicted molar refractivity (Wildman–Crippen MR) is 59.0 cm³/mol. The fourth-order valence-corrected chi connectivity index (χ4v) is 4.45. The van der Waals surface area contributed by atoms with Gasteiger partial charge in [-0.3, -0.25) is 9.59 Å². The van der Waals surface area contributed by atoms with E-state index in [1.165, 1.54) is 0 Å². The van der Waals surface area contributed by atoms with Gasteiger partial charge in [0, 0.05) is 17.6 Å². The quantitative estimate of drug-likeness (QED) is 0.785. The molecule has 1 aliphatic carbocycles. The van der Waals surface area contributed by atoms with Crippen molar-refractivity contribution >= 4 is 23.5 Å². The van der Waals surface area contributed by atoms with Crippen LogP contribution in [0.4, 0.5) is 0 Å². The molecule has 1 N–H and O–H groups in total. The number of ketones is 1. The largest absolute Gasteiger partial charge is 0.481 e. The second-order valence-electron chi connectivity index (χ2n) is 5.15. The normalized spacial score (nSPS) is 32.4. The molecule has 2 rings (SSSR count). The average molecular weight is 228 g/mol. The number of hydrogen-bond acceptors (Lipinski definition) is 3. The summed E-state index contributed by atoms with van der Waals surface area (Å²) in [6, 6.07) is 0. The summed E-state index contributed by atoms with van der Waals surface area (Å²) in [5.74, 6) is 0.485. The second kappa shape index (κ2) is 3.24. The number of carbonyl (C=O) groups excluding carboxylic acids is 1. The van der Waals surface area contributed by atoms with Crippen LogP contribution in [0.15, 0.2) is 0 Å². The van der Waals surface area contributed by atoms with Gasteiger partial charge < -0.3 is 5.11 Å². The number of aliphatic carboxylic acids is 1. The highest BCUT2D eigenvalue weighted by molar-refractivity contribution is 8.00. The van der Waals surface area contributed by atoms with E-state index in [1.54, 1.807) is 0 Å². The van der Waals surface area contributed by atoms with E-state index < -0.39 is 11.4 Å². The molecule has 84 valence electrons. The Morgan fingerprint density at radius 3 is 2.40 bits per heavy atom. The molecule has 0 spiro atoms. The van der Waals surface area contributed by atoms with Crippen molar-refractivity contribution in [1.29, 1.82) is 0 Å². The van der Waals surface area contributed by atoms with Crippen molar-refractivity contribution in [2.45, 2.75) is 37.9 Å². The first-order valence-electron chi connectivity index (χ1n) is 5.27. The van der Waals surface area contributed by atoms with Gasteiger partial charge in [-0.2, -0.15) is 11.8 Å². The molecular weight excluding hydrogens is 212 g/mol. The molecule has 0 aromatic heterocycles. The molecule has 0 aromatic rings. The van der Waals surface area contributed by atoms with E-state index in [0.29, 0.717) is 0 Å². The molecule has 0 aromatic carbocycles. The number of carbonyl (C=O) groups is 2. The van der Waals surface area contributed by atoms with E-state index in [-0.39, 0.29) is 29.3 Å². The zero-order chi connectivity index (χ0) is 11.3. The summed E-state index contributed by atoms with van der Waals surface area (Å²) in [4.78, 5) is 22.5.